The molecule has 0 aliphatic rings. The SMILES string of the molecule is C/C(=C/C[P+](c1ccccc1)(c1ccccc1)c1ccccc1)C(=O)OC(C)C.[Cl-]. The average Bonchev–Trinajstić information content (AvgIpc) is 2.76. The molecule has 0 saturated carbocycles. The van der Waals surface area contributed by atoms with E-state index in [0.717, 1.165) is 6.16 Å². The molecule has 0 N–H and O–H groups in total. The Hall–Kier alpha value is -2.41. The van der Waals surface area contributed by atoms with Crippen molar-refractivity contribution in [1.29, 1.82) is 0 Å². The number of rotatable bonds is 7. The molecule has 2 nitrogen and oxygen atoms in total. The highest BCUT2D eigenvalue weighted by atomic mass is 35.5. The molecular weight excluding hydrogens is 411 g/mol. The Balaban J connectivity index is 0.00000320. The van der Waals surface area contributed by atoms with Crippen molar-refractivity contribution in [2.24, 2.45) is 0 Å². The summed E-state index contributed by atoms with van der Waals surface area (Å²) >= 11 is 0. The van der Waals surface area contributed by atoms with Gasteiger partial charge in [0.15, 0.2) is 0 Å². The van der Waals surface area contributed by atoms with Crippen molar-refractivity contribution in [2.45, 2.75) is 26.9 Å². The van der Waals surface area contributed by atoms with Gasteiger partial charge >= 0.3 is 5.97 Å². The zero-order chi connectivity index (χ0) is 20.7. The van der Waals surface area contributed by atoms with Gasteiger partial charge in [-0.1, -0.05) is 54.6 Å². The van der Waals surface area contributed by atoms with Gasteiger partial charge in [0.05, 0.1) is 12.3 Å². The lowest BCUT2D eigenvalue weighted by molar-refractivity contribution is -0.142. The van der Waals surface area contributed by atoms with Crippen molar-refractivity contribution in [3.63, 3.8) is 0 Å². The van der Waals surface area contributed by atoms with E-state index in [9.17, 15) is 4.79 Å². The standard InChI is InChI=1S/C26H28O2P.ClH/c1-21(2)28-26(27)22(3)19-20-29(23-13-7-4-8-14-23,24-15-9-5-10-16-24)25-17-11-6-12-18-25;/h4-19,21H,20H2,1-3H3;1H/q+1;/p-1/b22-19-;. The summed E-state index contributed by atoms with van der Waals surface area (Å²) in [6.07, 6.45) is 2.71. The fourth-order valence-corrected chi connectivity index (χ4v) is 7.59. The van der Waals surface area contributed by atoms with Crippen molar-refractivity contribution in [2.75, 3.05) is 6.16 Å². The quantitative estimate of drug-likeness (QED) is 0.320. The predicted octanol–water partition coefficient (Wildman–Crippen LogP) is 1.88. The highest BCUT2D eigenvalue weighted by Crippen LogP contribution is 2.55. The highest BCUT2D eigenvalue weighted by Gasteiger charge is 2.44. The van der Waals surface area contributed by atoms with Gasteiger partial charge in [-0.3, -0.25) is 0 Å². The van der Waals surface area contributed by atoms with Crippen LogP contribution in [0.15, 0.2) is 103 Å². The lowest BCUT2D eigenvalue weighted by Crippen LogP contribution is -3.00. The molecule has 0 saturated heterocycles. The number of esters is 1. The summed E-state index contributed by atoms with van der Waals surface area (Å²) in [5, 5.41) is 3.91. The van der Waals surface area contributed by atoms with Crippen LogP contribution in [0.5, 0.6) is 0 Å². The van der Waals surface area contributed by atoms with Gasteiger partial charge in [0.1, 0.15) is 23.2 Å². The number of benzene rings is 3. The van der Waals surface area contributed by atoms with E-state index in [0.29, 0.717) is 5.57 Å². The summed E-state index contributed by atoms with van der Waals surface area (Å²) < 4.78 is 5.40. The van der Waals surface area contributed by atoms with Crippen LogP contribution in [-0.2, 0) is 9.53 Å². The molecule has 156 valence electrons. The summed E-state index contributed by atoms with van der Waals surface area (Å²) in [5.41, 5.74) is 0.658. The minimum atomic E-state index is -1.97. The number of ether oxygens (including phenoxy) is 1. The van der Waals surface area contributed by atoms with E-state index in [1.165, 1.54) is 15.9 Å². The van der Waals surface area contributed by atoms with Crippen LogP contribution in [0.1, 0.15) is 20.8 Å². The molecule has 0 atom stereocenters. The van der Waals surface area contributed by atoms with Crippen LogP contribution in [0.2, 0.25) is 0 Å². The first-order valence-electron chi connectivity index (χ1n) is 9.96. The molecule has 3 rings (SSSR count). The predicted molar refractivity (Wildman–Crippen MR) is 125 cm³/mol. The van der Waals surface area contributed by atoms with Crippen molar-refractivity contribution in [3.8, 4) is 0 Å². The first-order valence-corrected chi connectivity index (χ1v) is 11.9. The Morgan fingerprint density at radius 2 is 1.17 bits per heavy atom. The minimum Gasteiger partial charge on any atom is -1.00 e. The lowest BCUT2D eigenvalue weighted by Gasteiger charge is -2.26. The van der Waals surface area contributed by atoms with E-state index < -0.39 is 7.26 Å². The maximum absolute atomic E-state index is 12.4. The molecule has 0 radical (unpaired) electrons. The molecule has 3 aromatic carbocycles. The average molecular weight is 439 g/mol. The minimum absolute atomic E-state index is 0. The second-order valence-electron chi connectivity index (χ2n) is 7.34. The zero-order valence-electron chi connectivity index (χ0n) is 17.7. The third kappa shape index (κ3) is 5.39. The third-order valence-electron chi connectivity index (χ3n) is 4.93. The van der Waals surface area contributed by atoms with E-state index in [4.69, 9.17) is 4.74 Å². The Morgan fingerprint density at radius 1 is 0.800 bits per heavy atom. The molecule has 0 unspecified atom stereocenters. The molecule has 4 heteroatoms. The monoisotopic (exact) mass is 438 g/mol. The molecule has 0 aliphatic heterocycles. The molecule has 0 fully saturated rings. The van der Waals surface area contributed by atoms with Crippen molar-refractivity contribution in [3.05, 3.63) is 103 Å². The number of carbonyl (C=O) groups is 1. The first kappa shape index (κ1) is 23.9. The van der Waals surface area contributed by atoms with Gasteiger partial charge in [0.2, 0.25) is 0 Å². The molecule has 0 aliphatic carbocycles. The number of carbonyl (C=O) groups excluding carboxylic acids is 1. The van der Waals surface area contributed by atoms with Crippen LogP contribution in [-0.4, -0.2) is 18.2 Å². The molecule has 3 aromatic rings. The summed E-state index contributed by atoms with van der Waals surface area (Å²) in [4.78, 5) is 12.4. The van der Waals surface area contributed by atoms with Crippen molar-refractivity contribution in [1.82, 2.24) is 0 Å². The van der Waals surface area contributed by atoms with E-state index in [1.54, 1.807) is 0 Å². The Kier molecular flexibility index (Phi) is 8.84. The maximum atomic E-state index is 12.4. The van der Waals surface area contributed by atoms with Gasteiger partial charge in [-0.15, -0.1) is 0 Å². The van der Waals surface area contributed by atoms with Gasteiger partial charge in [0, 0.05) is 5.57 Å². The largest absolute Gasteiger partial charge is 1.00 e. The van der Waals surface area contributed by atoms with Gasteiger partial charge in [-0.2, -0.15) is 0 Å². The third-order valence-corrected chi connectivity index (χ3v) is 9.20. The number of hydrogen-bond acceptors (Lipinski definition) is 2. The van der Waals surface area contributed by atoms with E-state index >= 15 is 0 Å². The van der Waals surface area contributed by atoms with Gasteiger partial charge in [0.25, 0.3) is 0 Å². The first-order chi connectivity index (χ1) is 14.0. The van der Waals surface area contributed by atoms with Crippen LogP contribution in [0.25, 0.3) is 0 Å². The topological polar surface area (TPSA) is 26.3 Å². The van der Waals surface area contributed by atoms with E-state index in [-0.39, 0.29) is 24.5 Å². The molecule has 0 amide bonds. The Bertz CT molecular complexity index is 857. The Labute approximate surface area is 186 Å². The highest BCUT2D eigenvalue weighted by molar-refractivity contribution is 7.95. The van der Waals surface area contributed by atoms with Crippen LogP contribution < -0.4 is 28.3 Å². The molecule has 0 aromatic heterocycles. The zero-order valence-corrected chi connectivity index (χ0v) is 19.3. The summed E-state index contributed by atoms with van der Waals surface area (Å²) in [5.74, 6) is -0.243. The summed E-state index contributed by atoms with van der Waals surface area (Å²) in [7, 11) is -1.97. The molecule has 0 spiro atoms. The molecular formula is C26H28ClO2P. The smallest absolute Gasteiger partial charge is 0.333 e. The number of halogens is 1. The molecule has 30 heavy (non-hydrogen) atoms. The normalized spacial score (nSPS) is 11.7. The van der Waals surface area contributed by atoms with Gasteiger partial charge < -0.3 is 17.1 Å². The number of allylic oxidation sites excluding steroid dienone is 1. The van der Waals surface area contributed by atoms with Crippen LogP contribution in [0.4, 0.5) is 0 Å². The summed E-state index contributed by atoms with van der Waals surface area (Å²) in [6, 6.07) is 32.0. The molecule has 0 bridgehead atoms. The fraction of sp³-hybridized carbons (Fsp3) is 0.192. The van der Waals surface area contributed by atoms with E-state index in [1.807, 2.05) is 20.8 Å². The van der Waals surface area contributed by atoms with Gasteiger partial charge in [-0.05, 0) is 63.2 Å². The van der Waals surface area contributed by atoms with Crippen LogP contribution in [0, 0.1) is 0 Å². The fourth-order valence-electron chi connectivity index (χ4n) is 3.48. The van der Waals surface area contributed by atoms with Crippen molar-refractivity contribution >= 4 is 29.1 Å². The Morgan fingerprint density at radius 3 is 1.50 bits per heavy atom. The van der Waals surface area contributed by atoms with Crippen LogP contribution >= 0.6 is 7.26 Å². The second-order valence-corrected chi connectivity index (χ2v) is 10.9. The number of hydrogen-bond donors (Lipinski definition) is 0. The van der Waals surface area contributed by atoms with E-state index in [2.05, 4.69) is 97.1 Å². The maximum Gasteiger partial charge on any atom is 0.333 e. The molecule has 0 heterocycles. The van der Waals surface area contributed by atoms with Gasteiger partial charge in [-0.25, -0.2) is 4.79 Å². The summed E-state index contributed by atoms with van der Waals surface area (Å²) in [6.45, 7) is 5.60. The second kappa shape index (κ2) is 11.1. The lowest BCUT2D eigenvalue weighted by atomic mass is 10.3. The van der Waals surface area contributed by atoms with Crippen molar-refractivity contribution < 1.29 is 21.9 Å². The van der Waals surface area contributed by atoms with Crippen LogP contribution in [0.3, 0.4) is 0 Å².